The summed E-state index contributed by atoms with van der Waals surface area (Å²) in [6.07, 6.45) is 0. The Morgan fingerprint density at radius 1 is 1.00 bits per heavy atom. The molecule has 0 spiro atoms. The summed E-state index contributed by atoms with van der Waals surface area (Å²) in [5.41, 5.74) is 0.691. The van der Waals surface area contributed by atoms with Crippen LogP contribution < -0.4 is 4.72 Å². The van der Waals surface area contributed by atoms with Gasteiger partial charge in [0.25, 0.3) is 21.6 Å². The first-order chi connectivity index (χ1) is 14.6. The van der Waals surface area contributed by atoms with E-state index in [1.807, 2.05) is 0 Å². The largest absolute Gasteiger partial charge is 0.339 e. The molecule has 3 rings (SSSR count). The maximum atomic E-state index is 12.6. The van der Waals surface area contributed by atoms with Crippen LogP contribution in [0.3, 0.4) is 0 Å². The number of nitrogens with one attached hydrogen (secondary N) is 1. The Bertz CT molecular complexity index is 1120. The molecule has 0 unspecified atom stereocenters. The fourth-order valence-corrected chi connectivity index (χ4v) is 4.33. The normalized spacial score (nSPS) is 14.3. The highest BCUT2D eigenvalue weighted by atomic mass is 32.2. The van der Waals surface area contributed by atoms with Gasteiger partial charge in [-0.2, -0.15) is 0 Å². The number of piperazine rings is 1. The van der Waals surface area contributed by atoms with Crippen LogP contribution in [0.1, 0.15) is 22.8 Å². The highest BCUT2D eigenvalue weighted by Gasteiger charge is 2.24. The number of carbonyl (C=O) groups excluding carboxylic acids is 2. The van der Waals surface area contributed by atoms with Crippen molar-refractivity contribution >= 4 is 33.2 Å². The zero-order chi connectivity index (χ0) is 22.8. The Hall–Kier alpha value is -3.47. The Kier molecular flexibility index (Phi) is 6.25. The Morgan fingerprint density at radius 3 is 2.13 bits per heavy atom. The lowest BCUT2D eigenvalue weighted by Gasteiger charge is -2.34. The predicted molar refractivity (Wildman–Crippen MR) is 113 cm³/mol. The molecule has 0 atom stereocenters. The van der Waals surface area contributed by atoms with Crippen molar-refractivity contribution in [2.24, 2.45) is 0 Å². The van der Waals surface area contributed by atoms with Crippen LogP contribution >= 0.6 is 0 Å². The molecular weight excluding hydrogens is 424 g/mol. The standard InChI is InChI=1S/C20H22N4O6S/c1-14-3-8-18(13-19(14)24(27)28)31(29,30)21-17-6-4-16(5-7-17)20(26)23-11-9-22(10-12-23)15(2)25/h3-8,13,21H,9-12H2,1-2H3. The number of nitro benzene ring substituents is 1. The number of carbonyl (C=O) groups is 2. The van der Waals surface area contributed by atoms with E-state index in [-0.39, 0.29) is 28.1 Å². The first-order valence-corrected chi connectivity index (χ1v) is 11.0. The third kappa shape index (κ3) is 5.00. The van der Waals surface area contributed by atoms with Crippen molar-refractivity contribution in [1.29, 1.82) is 0 Å². The van der Waals surface area contributed by atoms with E-state index in [0.29, 0.717) is 37.3 Å². The molecule has 1 saturated heterocycles. The van der Waals surface area contributed by atoms with Crippen molar-refractivity contribution < 1.29 is 22.9 Å². The lowest BCUT2D eigenvalue weighted by Crippen LogP contribution is -2.50. The minimum absolute atomic E-state index is 0.0253. The fourth-order valence-electron chi connectivity index (χ4n) is 3.25. The molecule has 0 saturated carbocycles. The van der Waals surface area contributed by atoms with E-state index in [1.165, 1.54) is 50.2 Å². The molecule has 0 aromatic heterocycles. The van der Waals surface area contributed by atoms with Crippen LogP contribution in [-0.2, 0) is 14.8 Å². The molecule has 0 radical (unpaired) electrons. The van der Waals surface area contributed by atoms with Crippen LogP contribution in [0.2, 0.25) is 0 Å². The van der Waals surface area contributed by atoms with Gasteiger partial charge >= 0.3 is 0 Å². The van der Waals surface area contributed by atoms with E-state index < -0.39 is 14.9 Å². The number of sulfonamides is 1. The predicted octanol–water partition coefficient (Wildman–Crippen LogP) is 2.01. The molecule has 0 bridgehead atoms. The van der Waals surface area contributed by atoms with E-state index in [2.05, 4.69) is 4.72 Å². The molecule has 1 aliphatic heterocycles. The maximum Gasteiger partial charge on any atom is 0.273 e. The van der Waals surface area contributed by atoms with E-state index in [4.69, 9.17) is 0 Å². The molecule has 1 heterocycles. The van der Waals surface area contributed by atoms with Crippen molar-refractivity contribution in [3.63, 3.8) is 0 Å². The van der Waals surface area contributed by atoms with Gasteiger partial charge in [0.05, 0.1) is 9.82 Å². The third-order valence-corrected chi connectivity index (χ3v) is 6.46. The first kappa shape index (κ1) is 22.2. The third-order valence-electron chi connectivity index (χ3n) is 5.08. The van der Waals surface area contributed by atoms with Crippen LogP contribution in [0.25, 0.3) is 0 Å². The summed E-state index contributed by atoms with van der Waals surface area (Å²) in [5, 5.41) is 11.1. The quantitative estimate of drug-likeness (QED) is 0.552. The molecule has 0 aliphatic carbocycles. The van der Waals surface area contributed by atoms with E-state index in [0.717, 1.165) is 6.07 Å². The van der Waals surface area contributed by atoms with Crippen LogP contribution in [0.15, 0.2) is 47.4 Å². The smallest absolute Gasteiger partial charge is 0.273 e. The number of rotatable bonds is 5. The Morgan fingerprint density at radius 2 is 1.58 bits per heavy atom. The van der Waals surface area contributed by atoms with Gasteiger partial charge in [0.15, 0.2) is 0 Å². The Labute approximate surface area is 179 Å². The second-order valence-electron chi connectivity index (χ2n) is 7.19. The minimum atomic E-state index is -4.04. The molecule has 11 heteroatoms. The van der Waals surface area contributed by atoms with Crippen LogP contribution in [-0.4, -0.2) is 61.1 Å². The van der Waals surface area contributed by atoms with E-state index in [9.17, 15) is 28.1 Å². The number of anilines is 1. The fraction of sp³-hybridized carbons (Fsp3) is 0.300. The summed E-state index contributed by atoms with van der Waals surface area (Å²) in [4.78, 5) is 37.6. The molecule has 2 aromatic rings. The maximum absolute atomic E-state index is 12.6. The number of nitro groups is 1. The van der Waals surface area contributed by atoms with Crippen molar-refractivity contribution in [3.05, 3.63) is 63.7 Å². The number of amides is 2. The molecule has 2 aromatic carbocycles. The molecule has 10 nitrogen and oxygen atoms in total. The van der Waals surface area contributed by atoms with E-state index >= 15 is 0 Å². The highest BCUT2D eigenvalue weighted by Crippen LogP contribution is 2.24. The van der Waals surface area contributed by atoms with Gasteiger partial charge in [-0.25, -0.2) is 8.42 Å². The summed E-state index contributed by atoms with van der Waals surface area (Å²) >= 11 is 0. The molecule has 1 aliphatic rings. The lowest BCUT2D eigenvalue weighted by atomic mass is 10.1. The highest BCUT2D eigenvalue weighted by molar-refractivity contribution is 7.92. The van der Waals surface area contributed by atoms with Crippen LogP contribution in [0.4, 0.5) is 11.4 Å². The van der Waals surface area contributed by atoms with Gasteiger partial charge in [-0.1, -0.05) is 6.07 Å². The molecule has 31 heavy (non-hydrogen) atoms. The van der Waals surface area contributed by atoms with Crippen LogP contribution in [0, 0.1) is 17.0 Å². The summed E-state index contributed by atoms with van der Waals surface area (Å²) in [7, 11) is -4.04. The van der Waals surface area contributed by atoms with Gasteiger partial charge in [-0.3, -0.25) is 24.4 Å². The van der Waals surface area contributed by atoms with Gasteiger partial charge in [-0.15, -0.1) is 0 Å². The summed E-state index contributed by atoms with van der Waals surface area (Å²) in [5.74, 6) is -0.227. The Balaban J connectivity index is 1.70. The zero-order valence-corrected chi connectivity index (χ0v) is 17.9. The van der Waals surface area contributed by atoms with Gasteiger partial charge in [-0.05, 0) is 37.3 Å². The second-order valence-corrected chi connectivity index (χ2v) is 8.87. The number of hydrogen-bond acceptors (Lipinski definition) is 6. The second kappa shape index (κ2) is 8.72. The number of aryl methyl sites for hydroxylation is 1. The SMILES string of the molecule is CC(=O)N1CCN(C(=O)c2ccc(NS(=O)(=O)c3ccc(C)c([N+](=O)[O-])c3)cc2)CC1. The van der Waals surface area contributed by atoms with Gasteiger partial charge in [0.2, 0.25) is 5.91 Å². The van der Waals surface area contributed by atoms with Gasteiger partial charge in [0, 0.05) is 56.0 Å². The van der Waals surface area contributed by atoms with Crippen molar-refractivity contribution in [1.82, 2.24) is 9.80 Å². The number of benzene rings is 2. The number of nitrogens with zero attached hydrogens (tertiary/aromatic N) is 3. The molecule has 2 amide bonds. The monoisotopic (exact) mass is 446 g/mol. The lowest BCUT2D eigenvalue weighted by molar-refractivity contribution is -0.385. The molecule has 1 fully saturated rings. The minimum Gasteiger partial charge on any atom is -0.339 e. The topological polar surface area (TPSA) is 130 Å². The summed E-state index contributed by atoms with van der Waals surface area (Å²) < 4.78 is 27.6. The summed E-state index contributed by atoms with van der Waals surface area (Å²) in [6, 6.07) is 9.61. The van der Waals surface area contributed by atoms with Gasteiger partial charge in [0.1, 0.15) is 0 Å². The average Bonchev–Trinajstić information content (AvgIpc) is 2.73. The molecule has 1 N–H and O–H groups in total. The summed E-state index contributed by atoms with van der Waals surface area (Å²) in [6.45, 7) is 4.82. The first-order valence-electron chi connectivity index (χ1n) is 9.51. The average molecular weight is 446 g/mol. The number of hydrogen-bond donors (Lipinski definition) is 1. The molecular formula is C20H22N4O6S. The van der Waals surface area contributed by atoms with E-state index in [1.54, 1.807) is 9.80 Å². The molecule has 164 valence electrons. The zero-order valence-electron chi connectivity index (χ0n) is 17.1. The van der Waals surface area contributed by atoms with Gasteiger partial charge < -0.3 is 9.80 Å². The van der Waals surface area contributed by atoms with Crippen molar-refractivity contribution in [2.75, 3.05) is 30.9 Å². The van der Waals surface area contributed by atoms with Crippen molar-refractivity contribution in [2.45, 2.75) is 18.7 Å². The van der Waals surface area contributed by atoms with Crippen molar-refractivity contribution in [3.8, 4) is 0 Å². The van der Waals surface area contributed by atoms with Crippen LogP contribution in [0.5, 0.6) is 0 Å².